The van der Waals surface area contributed by atoms with Gasteiger partial charge in [0.05, 0.1) is 0 Å². The Labute approximate surface area is 154 Å². The molecule has 0 saturated carbocycles. The maximum absolute atomic E-state index is 10.9. The maximum Gasteiger partial charge on any atom is 0.303 e. The van der Waals surface area contributed by atoms with Gasteiger partial charge in [-0.15, -0.1) is 0 Å². The summed E-state index contributed by atoms with van der Waals surface area (Å²) in [5.74, 6) is -0.909. The molecule has 0 bridgehead atoms. The monoisotopic (exact) mass is 357 g/mol. The summed E-state index contributed by atoms with van der Waals surface area (Å²) in [7, 11) is 0. The number of carboxylic acids is 1. The lowest BCUT2D eigenvalue weighted by Crippen LogP contribution is -2.30. The van der Waals surface area contributed by atoms with Crippen molar-refractivity contribution in [3.05, 3.63) is 0 Å². The van der Waals surface area contributed by atoms with Crippen LogP contribution in [0.3, 0.4) is 0 Å². The van der Waals surface area contributed by atoms with Crippen molar-refractivity contribution < 1.29 is 19.4 Å². The molecule has 0 radical (unpaired) electrons. The highest BCUT2D eigenvalue weighted by atomic mass is 16.5. The molecule has 0 aromatic rings. The molecule has 0 aromatic carbocycles. The van der Waals surface area contributed by atoms with E-state index in [2.05, 4.69) is 11.8 Å². The fourth-order valence-electron chi connectivity index (χ4n) is 2.91. The molecule has 0 amide bonds. The number of hydrogen-bond acceptors (Lipinski definition) is 4. The molecule has 0 spiro atoms. The minimum absolute atomic E-state index is 0.210. The molecule has 0 unspecified atom stereocenters. The highest BCUT2D eigenvalue weighted by molar-refractivity contribution is 5.66. The Morgan fingerprint density at radius 2 is 1.32 bits per heavy atom. The average Bonchev–Trinajstić information content (AvgIpc) is 2.55. The van der Waals surface area contributed by atoms with Crippen molar-refractivity contribution in [3.8, 4) is 0 Å². The lowest BCUT2D eigenvalue weighted by molar-refractivity contribution is -0.141. The number of carboxylic acid groups (broad SMARTS) is 1. The molecule has 0 saturated heterocycles. The third-order valence-electron chi connectivity index (χ3n) is 4.41. The van der Waals surface area contributed by atoms with Crippen LogP contribution in [-0.4, -0.2) is 48.2 Å². The zero-order valence-corrected chi connectivity index (χ0v) is 16.4. The van der Waals surface area contributed by atoms with E-state index in [9.17, 15) is 9.59 Å². The Morgan fingerprint density at radius 1 is 0.800 bits per heavy atom. The van der Waals surface area contributed by atoms with Gasteiger partial charge in [0.15, 0.2) is 0 Å². The lowest BCUT2D eigenvalue weighted by Gasteiger charge is -2.22. The second kappa shape index (κ2) is 17.7. The smallest absolute Gasteiger partial charge is 0.303 e. The molecule has 0 aliphatic heterocycles. The minimum atomic E-state index is -0.699. The van der Waals surface area contributed by atoms with Gasteiger partial charge in [0.2, 0.25) is 0 Å². The Balaban J connectivity index is 3.80. The van der Waals surface area contributed by atoms with Gasteiger partial charge in [0, 0.05) is 19.9 Å². The van der Waals surface area contributed by atoms with Crippen LogP contribution in [0.2, 0.25) is 0 Å². The van der Waals surface area contributed by atoms with Gasteiger partial charge in [-0.3, -0.25) is 14.5 Å². The van der Waals surface area contributed by atoms with Gasteiger partial charge in [-0.2, -0.15) is 0 Å². The highest BCUT2D eigenvalue weighted by Crippen LogP contribution is 2.09. The number of esters is 1. The predicted octanol–water partition coefficient (Wildman–Crippen LogP) is 4.64. The van der Waals surface area contributed by atoms with Crippen molar-refractivity contribution in [2.75, 3.05) is 26.2 Å². The van der Waals surface area contributed by atoms with E-state index >= 15 is 0 Å². The fraction of sp³-hybridized carbons (Fsp3) is 0.900. The quantitative estimate of drug-likeness (QED) is 0.286. The molecule has 1 N–H and O–H groups in total. The fourth-order valence-corrected chi connectivity index (χ4v) is 2.91. The van der Waals surface area contributed by atoms with E-state index in [1.807, 2.05) is 0 Å². The summed E-state index contributed by atoms with van der Waals surface area (Å²) >= 11 is 0. The Hall–Kier alpha value is -1.10. The van der Waals surface area contributed by atoms with Crippen molar-refractivity contribution >= 4 is 11.9 Å². The molecule has 0 aliphatic rings. The standard InChI is InChI=1S/C20H39NO4/c1-3-4-5-6-9-12-15-21(17-18-25-19(2)22)16-13-10-7-8-11-14-20(23)24/h3-18H2,1-2H3,(H,23,24). The van der Waals surface area contributed by atoms with Gasteiger partial charge in [-0.1, -0.05) is 58.3 Å². The van der Waals surface area contributed by atoms with E-state index in [-0.39, 0.29) is 12.4 Å². The first-order valence-corrected chi connectivity index (χ1v) is 10.1. The first kappa shape index (κ1) is 23.9. The van der Waals surface area contributed by atoms with Crippen LogP contribution in [0.5, 0.6) is 0 Å². The molecule has 25 heavy (non-hydrogen) atoms. The van der Waals surface area contributed by atoms with Crippen LogP contribution in [0, 0.1) is 0 Å². The summed E-state index contributed by atoms with van der Waals surface area (Å²) in [6.07, 6.45) is 13.2. The average molecular weight is 358 g/mol. The second-order valence-electron chi connectivity index (χ2n) is 6.86. The number of hydrogen-bond donors (Lipinski definition) is 1. The molecule has 0 aliphatic carbocycles. The molecule has 0 fully saturated rings. The number of nitrogens with zero attached hydrogens (tertiary/aromatic N) is 1. The van der Waals surface area contributed by atoms with E-state index in [1.54, 1.807) is 0 Å². The first-order valence-electron chi connectivity index (χ1n) is 10.1. The Bertz CT molecular complexity index is 334. The summed E-state index contributed by atoms with van der Waals surface area (Å²) in [6, 6.07) is 0. The van der Waals surface area contributed by atoms with Crippen molar-refractivity contribution in [3.63, 3.8) is 0 Å². The van der Waals surface area contributed by atoms with Crippen LogP contribution in [-0.2, 0) is 14.3 Å². The van der Waals surface area contributed by atoms with E-state index in [0.29, 0.717) is 6.61 Å². The van der Waals surface area contributed by atoms with Gasteiger partial charge < -0.3 is 9.84 Å². The number of ether oxygens (including phenoxy) is 1. The van der Waals surface area contributed by atoms with Crippen LogP contribution in [0.1, 0.15) is 90.9 Å². The number of aliphatic carboxylic acids is 1. The Morgan fingerprint density at radius 3 is 1.84 bits per heavy atom. The van der Waals surface area contributed by atoms with Gasteiger partial charge >= 0.3 is 11.9 Å². The van der Waals surface area contributed by atoms with Gasteiger partial charge in [0.25, 0.3) is 0 Å². The molecule has 0 aromatic heterocycles. The molecule has 5 heteroatoms. The molecule has 5 nitrogen and oxygen atoms in total. The number of rotatable bonds is 18. The SMILES string of the molecule is CCCCCCCCN(CCCCCCCC(=O)O)CCOC(C)=O. The largest absolute Gasteiger partial charge is 0.481 e. The van der Waals surface area contributed by atoms with Crippen LogP contribution in [0.25, 0.3) is 0 Å². The summed E-state index contributed by atoms with van der Waals surface area (Å²) in [5, 5.41) is 8.62. The summed E-state index contributed by atoms with van der Waals surface area (Å²) in [4.78, 5) is 23.8. The van der Waals surface area contributed by atoms with Crippen molar-refractivity contribution in [2.24, 2.45) is 0 Å². The zero-order valence-electron chi connectivity index (χ0n) is 16.4. The second-order valence-corrected chi connectivity index (χ2v) is 6.86. The predicted molar refractivity (Wildman–Crippen MR) is 102 cm³/mol. The number of carbonyl (C=O) groups excluding carboxylic acids is 1. The normalized spacial score (nSPS) is 11.0. The minimum Gasteiger partial charge on any atom is -0.481 e. The van der Waals surface area contributed by atoms with Gasteiger partial charge in [-0.05, 0) is 32.4 Å². The maximum atomic E-state index is 10.9. The van der Waals surface area contributed by atoms with Crippen molar-refractivity contribution in [2.45, 2.75) is 90.9 Å². The topological polar surface area (TPSA) is 66.8 Å². The van der Waals surface area contributed by atoms with Crippen LogP contribution in [0.15, 0.2) is 0 Å². The van der Waals surface area contributed by atoms with Crippen LogP contribution in [0.4, 0.5) is 0 Å². The summed E-state index contributed by atoms with van der Waals surface area (Å²) < 4.78 is 5.08. The molecule has 148 valence electrons. The molecule has 0 rings (SSSR count). The van der Waals surface area contributed by atoms with Crippen molar-refractivity contribution in [1.29, 1.82) is 0 Å². The third-order valence-corrected chi connectivity index (χ3v) is 4.41. The number of unbranched alkanes of at least 4 members (excludes halogenated alkanes) is 9. The van der Waals surface area contributed by atoms with E-state index in [4.69, 9.17) is 9.84 Å². The van der Waals surface area contributed by atoms with Gasteiger partial charge in [-0.25, -0.2) is 0 Å². The lowest BCUT2D eigenvalue weighted by atomic mass is 10.1. The van der Waals surface area contributed by atoms with E-state index < -0.39 is 5.97 Å². The van der Waals surface area contributed by atoms with Gasteiger partial charge in [0.1, 0.15) is 6.61 Å². The first-order chi connectivity index (χ1) is 12.1. The highest BCUT2D eigenvalue weighted by Gasteiger charge is 2.06. The van der Waals surface area contributed by atoms with Crippen LogP contribution >= 0.6 is 0 Å². The van der Waals surface area contributed by atoms with E-state index in [1.165, 1.54) is 45.4 Å². The summed E-state index contributed by atoms with van der Waals surface area (Å²) in [6.45, 7) is 7.09. The molecule has 0 heterocycles. The summed E-state index contributed by atoms with van der Waals surface area (Å²) in [5.41, 5.74) is 0. The zero-order chi connectivity index (χ0) is 18.8. The van der Waals surface area contributed by atoms with Crippen molar-refractivity contribution in [1.82, 2.24) is 4.90 Å². The molecular weight excluding hydrogens is 318 g/mol. The number of carbonyl (C=O) groups is 2. The Kier molecular flexibility index (Phi) is 16.9. The third kappa shape index (κ3) is 19.1. The van der Waals surface area contributed by atoms with E-state index in [0.717, 1.165) is 51.7 Å². The molecule has 0 atom stereocenters. The van der Waals surface area contributed by atoms with Crippen LogP contribution < -0.4 is 0 Å². The molecular formula is C20H39NO4.